The Morgan fingerprint density at radius 1 is 1.30 bits per heavy atom. The largest absolute Gasteiger partial charge is 0.544 e. The van der Waals surface area contributed by atoms with E-state index in [9.17, 15) is 9.90 Å². The molecule has 2 atom stereocenters. The minimum atomic E-state index is -1.10. The van der Waals surface area contributed by atoms with Crippen molar-refractivity contribution in [3.8, 4) is 0 Å². The molecule has 0 bridgehead atoms. The maximum Gasteiger partial charge on any atom is 0.209 e. The Kier molecular flexibility index (Phi) is 8.81. The molecule has 0 spiro atoms. The van der Waals surface area contributed by atoms with Crippen LogP contribution in [0.1, 0.15) is 65.2 Å². The highest BCUT2D eigenvalue weighted by atomic mass is 16.4. The van der Waals surface area contributed by atoms with Crippen LogP contribution in [0.25, 0.3) is 0 Å². The number of allylic oxidation sites excluding steroid dienone is 2. The second kappa shape index (κ2) is 10.3. The molecule has 0 aliphatic carbocycles. The maximum atomic E-state index is 11.1. The summed E-state index contributed by atoms with van der Waals surface area (Å²) in [5.74, 6) is -0.263. The van der Waals surface area contributed by atoms with E-state index in [-0.39, 0.29) is 17.2 Å². The first-order valence-electron chi connectivity index (χ1n) is 8.75. The zero-order valence-corrected chi connectivity index (χ0v) is 14.5. The first-order valence-corrected chi connectivity index (χ1v) is 8.75. The van der Waals surface area contributed by atoms with Gasteiger partial charge in [0.2, 0.25) is 5.84 Å². The van der Waals surface area contributed by atoms with Gasteiger partial charge in [-0.15, -0.1) is 0 Å². The number of rotatable bonds is 12. The van der Waals surface area contributed by atoms with E-state index in [0.717, 1.165) is 37.9 Å². The molecule has 130 valence electrons. The molecule has 0 saturated heterocycles. The predicted octanol–water partition coefficient (Wildman–Crippen LogP) is 2.44. The Balaban J connectivity index is 2.33. The van der Waals surface area contributed by atoms with E-state index in [0.29, 0.717) is 0 Å². The second-order valence-corrected chi connectivity index (χ2v) is 6.26. The van der Waals surface area contributed by atoms with Crippen molar-refractivity contribution in [1.29, 1.82) is 0 Å². The van der Waals surface area contributed by atoms with Gasteiger partial charge in [-0.25, -0.2) is 9.48 Å². The molecule has 2 N–H and O–H groups in total. The monoisotopic (exact) mass is 321 g/mol. The van der Waals surface area contributed by atoms with E-state index >= 15 is 0 Å². The summed E-state index contributed by atoms with van der Waals surface area (Å²) in [7, 11) is 0. The van der Waals surface area contributed by atoms with Crippen molar-refractivity contribution in [2.45, 2.75) is 71.4 Å². The standard InChI is InChI=1S/C18H31N3O2/c1-3-4-5-6-7-8-9-10-11-12-17-20-13-14-21(17,16(2)19)15-18(22)23/h6-7,13-14,16H,3-5,8-12,15,19H2,1-2H3/b7-6+. The summed E-state index contributed by atoms with van der Waals surface area (Å²) in [4.78, 5) is 15.4. The van der Waals surface area contributed by atoms with Gasteiger partial charge in [0.1, 0.15) is 18.9 Å². The minimum Gasteiger partial charge on any atom is -0.544 e. The Morgan fingerprint density at radius 3 is 2.61 bits per heavy atom. The SMILES string of the molecule is CCCC/C=C/CCCCCC1=NC=C[N+]1(CC(=O)[O-])C(C)N. The fourth-order valence-electron chi connectivity index (χ4n) is 2.86. The molecule has 0 saturated carbocycles. The van der Waals surface area contributed by atoms with Crippen LogP contribution in [-0.4, -0.2) is 29.0 Å². The lowest BCUT2D eigenvalue weighted by molar-refractivity contribution is -0.808. The number of nitrogens with two attached hydrogens (primary N) is 1. The third-order valence-corrected chi connectivity index (χ3v) is 4.32. The number of hydrogen-bond acceptors (Lipinski definition) is 4. The molecule has 0 fully saturated rings. The third-order valence-electron chi connectivity index (χ3n) is 4.32. The lowest BCUT2D eigenvalue weighted by Crippen LogP contribution is -2.60. The van der Waals surface area contributed by atoms with Gasteiger partial charge >= 0.3 is 0 Å². The van der Waals surface area contributed by atoms with Crippen molar-refractivity contribution in [3.05, 3.63) is 24.6 Å². The number of unbranched alkanes of at least 4 members (excludes halogenated alkanes) is 5. The van der Waals surface area contributed by atoms with Gasteiger partial charge in [0, 0.05) is 13.3 Å². The first-order chi connectivity index (χ1) is 11.0. The molecule has 1 heterocycles. The number of aliphatic carboxylic acids is 1. The van der Waals surface area contributed by atoms with Crippen LogP contribution in [0.3, 0.4) is 0 Å². The van der Waals surface area contributed by atoms with Crippen molar-refractivity contribution in [2.75, 3.05) is 6.54 Å². The van der Waals surface area contributed by atoms with Gasteiger partial charge in [-0.1, -0.05) is 38.3 Å². The Labute approximate surface area is 140 Å². The van der Waals surface area contributed by atoms with Gasteiger partial charge in [0.15, 0.2) is 0 Å². The fourth-order valence-corrected chi connectivity index (χ4v) is 2.86. The number of hydrogen-bond donors (Lipinski definition) is 1. The summed E-state index contributed by atoms with van der Waals surface area (Å²) in [6.07, 6.45) is 16.5. The summed E-state index contributed by atoms with van der Waals surface area (Å²) in [6.45, 7) is 3.87. The molecule has 0 aromatic heterocycles. The Hall–Kier alpha value is -1.46. The summed E-state index contributed by atoms with van der Waals surface area (Å²) in [5.41, 5.74) is 6.02. The molecular weight excluding hydrogens is 290 g/mol. The zero-order chi connectivity index (χ0) is 17.1. The number of nitrogens with zero attached hydrogens (tertiary/aromatic N) is 2. The molecule has 0 aromatic carbocycles. The molecular formula is C18H31N3O2. The van der Waals surface area contributed by atoms with Gasteiger partial charge in [-0.2, -0.15) is 0 Å². The smallest absolute Gasteiger partial charge is 0.209 e. The summed E-state index contributed by atoms with van der Waals surface area (Å²) in [6, 6.07) is 0. The van der Waals surface area contributed by atoms with Gasteiger partial charge in [0.25, 0.3) is 0 Å². The lowest BCUT2D eigenvalue weighted by atomic mass is 10.1. The number of carbonyl (C=O) groups excluding carboxylic acids is 1. The summed E-state index contributed by atoms with van der Waals surface area (Å²) >= 11 is 0. The molecule has 0 amide bonds. The third kappa shape index (κ3) is 6.28. The average molecular weight is 321 g/mol. The second-order valence-electron chi connectivity index (χ2n) is 6.26. The van der Waals surface area contributed by atoms with Crippen LogP contribution < -0.4 is 10.8 Å². The van der Waals surface area contributed by atoms with E-state index in [1.165, 1.54) is 19.3 Å². The topological polar surface area (TPSA) is 78.5 Å². The molecule has 5 nitrogen and oxygen atoms in total. The van der Waals surface area contributed by atoms with Crippen LogP contribution in [0.5, 0.6) is 0 Å². The highest BCUT2D eigenvalue weighted by Gasteiger charge is 2.38. The van der Waals surface area contributed by atoms with Gasteiger partial charge in [-0.05, 0) is 25.7 Å². The van der Waals surface area contributed by atoms with E-state index in [1.54, 1.807) is 12.4 Å². The number of carboxylic acids is 1. The van der Waals surface area contributed by atoms with Crippen LogP contribution in [-0.2, 0) is 4.79 Å². The quantitative estimate of drug-likeness (QED) is 0.341. The number of amidine groups is 1. The van der Waals surface area contributed by atoms with Crippen LogP contribution in [0.15, 0.2) is 29.5 Å². The molecule has 2 unspecified atom stereocenters. The molecule has 1 aliphatic rings. The van der Waals surface area contributed by atoms with Gasteiger partial charge < -0.3 is 9.90 Å². The number of quaternary nitrogens is 1. The minimum absolute atomic E-state index is 0.0965. The van der Waals surface area contributed by atoms with Crippen molar-refractivity contribution in [3.63, 3.8) is 0 Å². The highest BCUT2D eigenvalue weighted by Crippen LogP contribution is 2.23. The molecule has 1 aliphatic heterocycles. The normalized spacial score (nSPS) is 21.8. The van der Waals surface area contributed by atoms with Crippen LogP contribution in [0, 0.1) is 0 Å². The number of carboxylic acid groups (broad SMARTS) is 1. The molecule has 23 heavy (non-hydrogen) atoms. The maximum absolute atomic E-state index is 11.1. The highest BCUT2D eigenvalue weighted by molar-refractivity contribution is 5.81. The van der Waals surface area contributed by atoms with Gasteiger partial charge in [0.05, 0.1) is 12.2 Å². The van der Waals surface area contributed by atoms with Crippen molar-refractivity contribution in [2.24, 2.45) is 10.7 Å². The first kappa shape index (κ1) is 19.6. The van der Waals surface area contributed by atoms with E-state index in [1.807, 2.05) is 6.92 Å². The molecule has 1 rings (SSSR count). The Morgan fingerprint density at radius 2 is 2.00 bits per heavy atom. The van der Waals surface area contributed by atoms with Crippen molar-refractivity contribution < 1.29 is 14.4 Å². The summed E-state index contributed by atoms with van der Waals surface area (Å²) in [5, 5.41) is 11.1. The number of carbonyl (C=O) groups is 1. The van der Waals surface area contributed by atoms with Crippen LogP contribution >= 0.6 is 0 Å². The average Bonchev–Trinajstić information content (AvgIpc) is 2.89. The zero-order valence-electron chi connectivity index (χ0n) is 14.5. The summed E-state index contributed by atoms with van der Waals surface area (Å²) < 4.78 is 0.0965. The van der Waals surface area contributed by atoms with Gasteiger partial charge in [-0.3, -0.25) is 5.73 Å². The van der Waals surface area contributed by atoms with Crippen LogP contribution in [0.2, 0.25) is 0 Å². The number of aliphatic imine (C=N–C) groups is 1. The molecule has 5 heteroatoms. The molecule has 0 radical (unpaired) electrons. The van der Waals surface area contributed by atoms with E-state index in [4.69, 9.17) is 5.73 Å². The van der Waals surface area contributed by atoms with E-state index < -0.39 is 5.97 Å². The van der Waals surface area contributed by atoms with Crippen molar-refractivity contribution in [1.82, 2.24) is 0 Å². The lowest BCUT2D eigenvalue weighted by Gasteiger charge is -2.36. The van der Waals surface area contributed by atoms with Crippen LogP contribution in [0.4, 0.5) is 0 Å². The van der Waals surface area contributed by atoms with Crippen molar-refractivity contribution >= 4 is 11.8 Å². The van der Waals surface area contributed by atoms with E-state index in [2.05, 4.69) is 24.1 Å². The molecule has 0 aromatic rings. The fraction of sp³-hybridized carbons (Fsp3) is 0.667. The predicted molar refractivity (Wildman–Crippen MR) is 92.1 cm³/mol. The Bertz CT molecular complexity index is 455.